The highest BCUT2D eigenvalue weighted by molar-refractivity contribution is 8.00. The van der Waals surface area contributed by atoms with Gasteiger partial charge in [0.2, 0.25) is 12.7 Å². The first-order chi connectivity index (χ1) is 11.1. The Morgan fingerprint density at radius 1 is 1.22 bits per heavy atom. The van der Waals surface area contributed by atoms with Crippen LogP contribution in [0.25, 0.3) is 0 Å². The number of carbonyl (C=O) groups excluding carboxylic acids is 1. The molecule has 1 aliphatic heterocycles. The number of nitrogens with one attached hydrogen (secondary N) is 1. The van der Waals surface area contributed by atoms with Gasteiger partial charge in [0.1, 0.15) is 5.82 Å². The van der Waals surface area contributed by atoms with Crippen molar-refractivity contribution in [2.75, 3.05) is 6.79 Å². The number of rotatable bonds is 5. The molecule has 0 saturated heterocycles. The van der Waals surface area contributed by atoms with Crippen molar-refractivity contribution in [3.05, 3.63) is 53.8 Å². The third-order valence-corrected chi connectivity index (χ3v) is 4.51. The number of fused-ring (bicyclic) bond motifs is 1. The van der Waals surface area contributed by atoms with Crippen LogP contribution in [-0.2, 0) is 11.3 Å². The lowest BCUT2D eigenvalue weighted by Crippen LogP contribution is -2.30. The van der Waals surface area contributed by atoms with Crippen LogP contribution >= 0.6 is 11.8 Å². The van der Waals surface area contributed by atoms with Crippen molar-refractivity contribution in [1.29, 1.82) is 0 Å². The van der Waals surface area contributed by atoms with Crippen LogP contribution in [0.15, 0.2) is 47.4 Å². The van der Waals surface area contributed by atoms with Crippen molar-refractivity contribution in [3.8, 4) is 11.5 Å². The highest BCUT2D eigenvalue weighted by Crippen LogP contribution is 2.32. The Hall–Kier alpha value is -2.21. The predicted octanol–water partition coefficient (Wildman–Crippen LogP) is 3.35. The van der Waals surface area contributed by atoms with Crippen LogP contribution in [0.2, 0.25) is 0 Å². The van der Waals surface area contributed by atoms with E-state index in [1.54, 1.807) is 12.1 Å². The molecule has 0 unspecified atom stereocenters. The van der Waals surface area contributed by atoms with E-state index in [1.165, 1.54) is 23.9 Å². The smallest absolute Gasteiger partial charge is 0.233 e. The first kappa shape index (κ1) is 15.7. The van der Waals surface area contributed by atoms with Crippen molar-refractivity contribution in [2.24, 2.45) is 0 Å². The van der Waals surface area contributed by atoms with Gasteiger partial charge in [0.15, 0.2) is 11.5 Å². The largest absolute Gasteiger partial charge is 0.454 e. The third-order valence-electron chi connectivity index (χ3n) is 3.40. The van der Waals surface area contributed by atoms with Gasteiger partial charge in [0.05, 0.1) is 5.25 Å². The van der Waals surface area contributed by atoms with Crippen LogP contribution in [0.5, 0.6) is 11.5 Å². The molecule has 0 aromatic heterocycles. The van der Waals surface area contributed by atoms with Gasteiger partial charge in [0.25, 0.3) is 0 Å². The summed E-state index contributed by atoms with van der Waals surface area (Å²) in [7, 11) is 0. The Balaban J connectivity index is 1.53. The molecular formula is C17H16FNO3S. The normalized spacial score (nSPS) is 13.7. The molecular weight excluding hydrogens is 317 g/mol. The molecule has 3 rings (SSSR count). The molecule has 1 aliphatic rings. The Labute approximate surface area is 138 Å². The Morgan fingerprint density at radius 3 is 2.74 bits per heavy atom. The van der Waals surface area contributed by atoms with E-state index in [-0.39, 0.29) is 23.8 Å². The standard InChI is InChI=1S/C17H16FNO3S/c1-11(23-14-5-3-13(18)4-6-14)17(20)19-9-12-2-7-15-16(8-12)22-10-21-15/h2-8,11H,9-10H2,1H3,(H,19,20)/t11-/m0/s1. The summed E-state index contributed by atoms with van der Waals surface area (Å²) in [5.41, 5.74) is 0.946. The molecule has 1 amide bonds. The first-order valence-electron chi connectivity index (χ1n) is 7.20. The van der Waals surface area contributed by atoms with Crippen LogP contribution < -0.4 is 14.8 Å². The van der Waals surface area contributed by atoms with E-state index in [4.69, 9.17) is 9.47 Å². The van der Waals surface area contributed by atoms with E-state index < -0.39 is 0 Å². The molecule has 1 atom stereocenters. The topological polar surface area (TPSA) is 47.6 Å². The molecule has 1 N–H and O–H groups in total. The molecule has 0 radical (unpaired) electrons. The van der Waals surface area contributed by atoms with Gasteiger partial charge in [0, 0.05) is 11.4 Å². The lowest BCUT2D eigenvalue weighted by molar-refractivity contribution is -0.120. The number of hydrogen-bond donors (Lipinski definition) is 1. The maximum Gasteiger partial charge on any atom is 0.233 e. The number of hydrogen-bond acceptors (Lipinski definition) is 4. The van der Waals surface area contributed by atoms with E-state index in [0.29, 0.717) is 12.3 Å². The molecule has 0 spiro atoms. The van der Waals surface area contributed by atoms with Gasteiger partial charge < -0.3 is 14.8 Å². The van der Waals surface area contributed by atoms with E-state index in [1.807, 2.05) is 25.1 Å². The number of carbonyl (C=O) groups is 1. The molecule has 0 aliphatic carbocycles. The molecule has 120 valence electrons. The molecule has 0 saturated carbocycles. The van der Waals surface area contributed by atoms with Gasteiger partial charge in [-0.3, -0.25) is 4.79 Å². The first-order valence-corrected chi connectivity index (χ1v) is 8.08. The van der Waals surface area contributed by atoms with Crippen molar-refractivity contribution in [1.82, 2.24) is 5.32 Å². The van der Waals surface area contributed by atoms with E-state index >= 15 is 0 Å². The van der Waals surface area contributed by atoms with Gasteiger partial charge in [-0.1, -0.05) is 6.07 Å². The average Bonchev–Trinajstić information content (AvgIpc) is 3.02. The number of amides is 1. The van der Waals surface area contributed by atoms with Crippen LogP contribution in [0.1, 0.15) is 12.5 Å². The fraction of sp³-hybridized carbons (Fsp3) is 0.235. The van der Waals surface area contributed by atoms with Crippen LogP contribution in [0.3, 0.4) is 0 Å². The zero-order valence-corrected chi connectivity index (χ0v) is 13.4. The summed E-state index contributed by atoms with van der Waals surface area (Å²) < 4.78 is 23.4. The van der Waals surface area contributed by atoms with Crippen molar-refractivity contribution in [2.45, 2.75) is 23.6 Å². The van der Waals surface area contributed by atoms with E-state index in [2.05, 4.69) is 5.32 Å². The summed E-state index contributed by atoms with van der Waals surface area (Å²) in [4.78, 5) is 13.0. The highest BCUT2D eigenvalue weighted by atomic mass is 32.2. The van der Waals surface area contributed by atoms with Crippen LogP contribution in [-0.4, -0.2) is 18.0 Å². The van der Waals surface area contributed by atoms with Crippen LogP contribution in [0.4, 0.5) is 4.39 Å². The molecule has 2 aromatic rings. The maximum absolute atomic E-state index is 12.9. The van der Waals surface area contributed by atoms with Gasteiger partial charge in [-0.05, 0) is 48.9 Å². The highest BCUT2D eigenvalue weighted by Gasteiger charge is 2.16. The minimum atomic E-state index is -0.283. The lowest BCUT2D eigenvalue weighted by Gasteiger charge is -2.12. The van der Waals surface area contributed by atoms with Gasteiger partial charge in [-0.2, -0.15) is 0 Å². The monoisotopic (exact) mass is 333 g/mol. The maximum atomic E-state index is 12.9. The minimum Gasteiger partial charge on any atom is -0.454 e. The molecule has 6 heteroatoms. The molecule has 2 aromatic carbocycles. The lowest BCUT2D eigenvalue weighted by atomic mass is 10.2. The fourth-order valence-corrected chi connectivity index (χ4v) is 3.05. The number of benzene rings is 2. The van der Waals surface area contributed by atoms with Gasteiger partial charge in [-0.25, -0.2) is 4.39 Å². The molecule has 0 fully saturated rings. The zero-order valence-electron chi connectivity index (χ0n) is 12.5. The van der Waals surface area contributed by atoms with E-state index in [0.717, 1.165) is 16.2 Å². The second-order valence-corrected chi connectivity index (χ2v) is 6.53. The Morgan fingerprint density at radius 2 is 1.96 bits per heavy atom. The van der Waals surface area contributed by atoms with Crippen molar-refractivity contribution >= 4 is 17.7 Å². The molecule has 4 nitrogen and oxygen atoms in total. The predicted molar refractivity (Wildman–Crippen MR) is 86.1 cm³/mol. The quantitative estimate of drug-likeness (QED) is 0.853. The summed E-state index contributed by atoms with van der Waals surface area (Å²) in [5.74, 6) is 1.07. The SMILES string of the molecule is C[C@H](Sc1ccc(F)cc1)C(=O)NCc1ccc2c(c1)OCO2. The zero-order chi connectivity index (χ0) is 16.2. The Bertz CT molecular complexity index is 705. The summed E-state index contributed by atoms with van der Waals surface area (Å²) in [6.07, 6.45) is 0. The van der Waals surface area contributed by atoms with Crippen LogP contribution in [0, 0.1) is 5.82 Å². The molecule has 1 heterocycles. The summed E-state index contributed by atoms with van der Waals surface area (Å²) in [5, 5.41) is 2.62. The Kier molecular flexibility index (Phi) is 4.71. The second kappa shape index (κ2) is 6.91. The van der Waals surface area contributed by atoms with Gasteiger partial charge in [-0.15, -0.1) is 11.8 Å². The second-order valence-electron chi connectivity index (χ2n) is 5.12. The summed E-state index contributed by atoms with van der Waals surface area (Å²) >= 11 is 1.39. The molecule has 0 bridgehead atoms. The number of halogens is 1. The van der Waals surface area contributed by atoms with E-state index in [9.17, 15) is 9.18 Å². The molecule has 23 heavy (non-hydrogen) atoms. The number of ether oxygens (including phenoxy) is 2. The third kappa shape index (κ3) is 3.96. The number of thioether (sulfide) groups is 1. The minimum absolute atomic E-state index is 0.0722. The summed E-state index contributed by atoms with van der Waals surface area (Å²) in [6.45, 7) is 2.48. The fourth-order valence-electron chi connectivity index (χ4n) is 2.15. The van der Waals surface area contributed by atoms with Gasteiger partial charge >= 0.3 is 0 Å². The van der Waals surface area contributed by atoms with Crippen molar-refractivity contribution in [3.63, 3.8) is 0 Å². The van der Waals surface area contributed by atoms with Crippen molar-refractivity contribution < 1.29 is 18.7 Å². The summed E-state index contributed by atoms with van der Waals surface area (Å²) in [6, 6.07) is 11.7. The average molecular weight is 333 g/mol.